The molecule has 0 aliphatic carbocycles. The number of fused-ring (bicyclic) bond motifs is 1. The molecule has 0 saturated carbocycles. The molecule has 3 heterocycles. The number of aliphatic hydroxyl groups is 1. The molecule has 1 aliphatic rings. The fraction of sp³-hybridized carbons (Fsp3) is 0.222. The number of rotatable bonds is 5. The molecule has 4 aromatic rings. The number of hydrogen-bond acceptors (Lipinski definition) is 8. The molecule has 7 nitrogen and oxygen atoms in total. The zero-order chi connectivity index (χ0) is 25.7. The minimum absolute atomic E-state index is 0.0446. The van der Waals surface area contributed by atoms with Gasteiger partial charge in [0.15, 0.2) is 5.13 Å². The number of nitrogens with zero attached hydrogens (tertiary/aromatic N) is 2. The van der Waals surface area contributed by atoms with Crippen LogP contribution in [0.5, 0.6) is 11.5 Å². The molecule has 1 N–H and O–H groups in total. The maximum Gasteiger partial charge on any atom is 0.301 e. The molecular formula is C27H24N2O5S2. The van der Waals surface area contributed by atoms with Crippen LogP contribution < -0.4 is 14.4 Å². The van der Waals surface area contributed by atoms with E-state index >= 15 is 0 Å². The fourth-order valence-corrected chi connectivity index (χ4v) is 6.35. The third-order valence-corrected chi connectivity index (χ3v) is 8.30. The number of aliphatic hydroxyl groups excluding tert-OH is 1. The van der Waals surface area contributed by atoms with Gasteiger partial charge in [0.1, 0.15) is 23.3 Å². The molecule has 5 rings (SSSR count). The van der Waals surface area contributed by atoms with E-state index in [1.807, 2.05) is 56.5 Å². The van der Waals surface area contributed by atoms with Crippen LogP contribution in [0, 0.1) is 20.8 Å². The summed E-state index contributed by atoms with van der Waals surface area (Å²) >= 11 is 2.72. The van der Waals surface area contributed by atoms with Crippen LogP contribution in [0.4, 0.5) is 5.13 Å². The van der Waals surface area contributed by atoms with Crippen molar-refractivity contribution in [2.24, 2.45) is 0 Å². The number of benzene rings is 2. The van der Waals surface area contributed by atoms with Crippen molar-refractivity contribution >= 4 is 55.5 Å². The lowest BCUT2D eigenvalue weighted by atomic mass is 9.96. The van der Waals surface area contributed by atoms with Gasteiger partial charge in [0.05, 0.1) is 30.0 Å². The first-order chi connectivity index (χ1) is 17.2. The van der Waals surface area contributed by atoms with Crippen LogP contribution in [0.25, 0.3) is 16.0 Å². The van der Waals surface area contributed by atoms with Crippen molar-refractivity contribution in [2.75, 3.05) is 19.1 Å². The number of anilines is 1. The topological polar surface area (TPSA) is 89.0 Å². The van der Waals surface area contributed by atoms with Crippen molar-refractivity contribution < 1.29 is 24.2 Å². The van der Waals surface area contributed by atoms with E-state index in [4.69, 9.17) is 14.5 Å². The molecule has 1 unspecified atom stereocenters. The van der Waals surface area contributed by atoms with Crippen molar-refractivity contribution in [3.05, 3.63) is 74.5 Å². The van der Waals surface area contributed by atoms with E-state index < -0.39 is 17.7 Å². The molecule has 2 aromatic heterocycles. The van der Waals surface area contributed by atoms with Crippen molar-refractivity contribution in [2.45, 2.75) is 26.8 Å². The van der Waals surface area contributed by atoms with Gasteiger partial charge in [0.25, 0.3) is 5.78 Å². The smallest absolute Gasteiger partial charge is 0.301 e. The summed E-state index contributed by atoms with van der Waals surface area (Å²) in [6.45, 7) is 5.62. The minimum atomic E-state index is -0.796. The Morgan fingerprint density at radius 1 is 1.00 bits per heavy atom. The Morgan fingerprint density at radius 2 is 1.69 bits per heavy atom. The lowest BCUT2D eigenvalue weighted by molar-refractivity contribution is -0.132. The number of ether oxygens (including phenoxy) is 2. The van der Waals surface area contributed by atoms with Gasteiger partial charge in [0.2, 0.25) is 0 Å². The molecular weight excluding hydrogens is 496 g/mol. The average molecular weight is 521 g/mol. The Morgan fingerprint density at radius 3 is 2.36 bits per heavy atom. The van der Waals surface area contributed by atoms with Crippen LogP contribution in [-0.4, -0.2) is 36.0 Å². The third kappa shape index (κ3) is 3.75. The number of methoxy groups -OCH3 is 2. The SMILES string of the molecule is COc1cc(C)c(/C(O)=C2\C(=O)C(=O)N(c3nc4cc(C)c(OC)cc4s3)C2c2cccs2)cc1C. The highest BCUT2D eigenvalue weighted by atomic mass is 32.1. The standard InChI is InChI=1S/C27H24N2O5S2/c1-13-11-18(33-4)14(2)9-16(13)24(30)22-23(20-7-6-8-35-20)29(26(32)25(22)31)27-28-17-10-15(3)19(34-5)12-21(17)36-27/h6-12,23,30H,1-5H3/b24-22+. The Labute approximate surface area is 216 Å². The maximum atomic E-state index is 13.4. The number of carbonyl (C=O) groups excluding carboxylic acids is 2. The molecule has 1 atom stereocenters. The van der Waals surface area contributed by atoms with Crippen LogP contribution >= 0.6 is 22.7 Å². The summed E-state index contributed by atoms with van der Waals surface area (Å²) in [7, 11) is 3.19. The summed E-state index contributed by atoms with van der Waals surface area (Å²) in [5.74, 6) is -0.275. The first-order valence-electron chi connectivity index (χ1n) is 11.2. The first-order valence-corrected chi connectivity index (χ1v) is 12.9. The number of thiophene rings is 1. The lowest BCUT2D eigenvalue weighted by Gasteiger charge is -2.21. The molecule has 9 heteroatoms. The Balaban J connectivity index is 1.71. The van der Waals surface area contributed by atoms with E-state index in [1.165, 1.54) is 27.6 Å². The van der Waals surface area contributed by atoms with Crippen molar-refractivity contribution in [1.29, 1.82) is 0 Å². The Hall–Kier alpha value is -3.69. The largest absolute Gasteiger partial charge is 0.507 e. The van der Waals surface area contributed by atoms with E-state index in [9.17, 15) is 14.7 Å². The van der Waals surface area contributed by atoms with Gasteiger partial charge in [-0.2, -0.15) is 0 Å². The van der Waals surface area contributed by atoms with Crippen LogP contribution in [0.1, 0.15) is 33.2 Å². The van der Waals surface area contributed by atoms with Crippen LogP contribution in [0.2, 0.25) is 0 Å². The van der Waals surface area contributed by atoms with E-state index in [0.29, 0.717) is 22.0 Å². The third-order valence-electron chi connectivity index (χ3n) is 6.35. The van der Waals surface area contributed by atoms with Gasteiger partial charge in [-0.3, -0.25) is 14.5 Å². The molecule has 1 saturated heterocycles. The molecule has 1 fully saturated rings. The number of hydrogen-bond donors (Lipinski definition) is 1. The average Bonchev–Trinajstić information content (AvgIpc) is 3.58. The highest BCUT2D eigenvalue weighted by Crippen LogP contribution is 2.46. The normalized spacial score (nSPS) is 17.2. The summed E-state index contributed by atoms with van der Waals surface area (Å²) in [5.41, 5.74) is 3.70. The van der Waals surface area contributed by atoms with Crippen LogP contribution in [0.15, 0.2) is 47.4 Å². The predicted molar refractivity (Wildman–Crippen MR) is 142 cm³/mol. The second-order valence-electron chi connectivity index (χ2n) is 8.61. The molecule has 0 radical (unpaired) electrons. The van der Waals surface area contributed by atoms with E-state index in [2.05, 4.69) is 0 Å². The zero-order valence-corrected chi connectivity index (χ0v) is 22.0. The van der Waals surface area contributed by atoms with Gasteiger partial charge >= 0.3 is 5.91 Å². The van der Waals surface area contributed by atoms with Crippen molar-refractivity contribution in [1.82, 2.24) is 4.98 Å². The number of aromatic nitrogens is 1. The van der Waals surface area contributed by atoms with Gasteiger partial charge in [-0.15, -0.1) is 11.3 Å². The van der Waals surface area contributed by atoms with Gasteiger partial charge in [0, 0.05) is 10.4 Å². The molecule has 0 spiro atoms. The summed E-state index contributed by atoms with van der Waals surface area (Å²) < 4.78 is 11.7. The monoisotopic (exact) mass is 520 g/mol. The second kappa shape index (κ2) is 9.07. The van der Waals surface area contributed by atoms with E-state index in [0.717, 1.165) is 32.0 Å². The second-order valence-corrected chi connectivity index (χ2v) is 10.6. The van der Waals surface area contributed by atoms with Crippen LogP contribution in [0.3, 0.4) is 0 Å². The number of aryl methyl sites for hydroxylation is 3. The van der Waals surface area contributed by atoms with Gasteiger partial charge in [-0.25, -0.2) is 4.98 Å². The van der Waals surface area contributed by atoms with Crippen LogP contribution in [-0.2, 0) is 9.59 Å². The fourth-order valence-electron chi connectivity index (χ4n) is 4.53. The number of amides is 1. The maximum absolute atomic E-state index is 13.4. The summed E-state index contributed by atoms with van der Waals surface area (Å²) in [6, 6.07) is 10.3. The van der Waals surface area contributed by atoms with E-state index in [-0.39, 0.29) is 11.3 Å². The van der Waals surface area contributed by atoms with E-state index in [1.54, 1.807) is 20.3 Å². The number of carbonyl (C=O) groups is 2. The zero-order valence-electron chi connectivity index (χ0n) is 20.4. The summed E-state index contributed by atoms with van der Waals surface area (Å²) in [6.07, 6.45) is 0. The number of thiazole rings is 1. The number of Topliss-reactive ketones (excluding diaryl/α,β-unsaturated/α-hetero) is 1. The molecule has 2 aromatic carbocycles. The summed E-state index contributed by atoms with van der Waals surface area (Å²) in [5, 5.41) is 13.7. The van der Waals surface area contributed by atoms with Crippen molar-refractivity contribution in [3.63, 3.8) is 0 Å². The quantitative estimate of drug-likeness (QED) is 0.199. The molecule has 0 bridgehead atoms. The Bertz CT molecular complexity index is 1550. The Kier molecular flexibility index (Phi) is 6.05. The summed E-state index contributed by atoms with van der Waals surface area (Å²) in [4.78, 5) is 33.7. The highest BCUT2D eigenvalue weighted by Gasteiger charge is 2.48. The predicted octanol–water partition coefficient (Wildman–Crippen LogP) is 5.93. The minimum Gasteiger partial charge on any atom is -0.507 e. The molecule has 1 aliphatic heterocycles. The van der Waals surface area contributed by atoms with Gasteiger partial charge < -0.3 is 14.6 Å². The van der Waals surface area contributed by atoms with Gasteiger partial charge in [-0.1, -0.05) is 17.4 Å². The highest BCUT2D eigenvalue weighted by molar-refractivity contribution is 7.22. The number of ketones is 1. The van der Waals surface area contributed by atoms with Crippen molar-refractivity contribution in [3.8, 4) is 11.5 Å². The first kappa shape index (κ1) is 24.0. The van der Waals surface area contributed by atoms with Gasteiger partial charge in [-0.05, 0) is 73.2 Å². The molecule has 1 amide bonds. The lowest BCUT2D eigenvalue weighted by Crippen LogP contribution is -2.28. The molecule has 184 valence electrons. The molecule has 36 heavy (non-hydrogen) atoms.